The molecule has 0 atom stereocenters. The Kier molecular flexibility index (Phi) is 7.27. The molecule has 1 aliphatic carbocycles. The van der Waals surface area contributed by atoms with Crippen LogP contribution in [0.2, 0.25) is 0 Å². The smallest absolute Gasteiger partial charge is 0.206 e. The maximum absolute atomic E-state index is 5.62. The lowest BCUT2D eigenvalue weighted by atomic mass is 9.96. The summed E-state index contributed by atoms with van der Waals surface area (Å²) in [6.07, 6.45) is 7.85. The van der Waals surface area contributed by atoms with Crippen LogP contribution in [0.5, 0.6) is 17.2 Å². The summed E-state index contributed by atoms with van der Waals surface area (Å²) in [7, 11) is 4.96. The van der Waals surface area contributed by atoms with Gasteiger partial charge < -0.3 is 14.2 Å². The van der Waals surface area contributed by atoms with Crippen molar-refractivity contribution in [2.45, 2.75) is 38.1 Å². The minimum atomic E-state index is 0.348. The Morgan fingerprint density at radius 1 is 0.906 bits per heavy atom. The molecule has 3 aromatic rings. The van der Waals surface area contributed by atoms with Gasteiger partial charge in [-0.05, 0) is 37.1 Å². The maximum atomic E-state index is 5.62. The first-order valence-electron chi connectivity index (χ1n) is 10.9. The van der Waals surface area contributed by atoms with Crippen LogP contribution in [0.4, 0.5) is 0 Å². The highest BCUT2D eigenvalue weighted by Gasteiger charge is 2.16. The number of para-hydroxylation sites is 2. The molecule has 0 unspecified atom stereocenters. The molecular formula is C25H29N3O3S. The zero-order valence-corrected chi connectivity index (χ0v) is 19.6. The predicted molar refractivity (Wildman–Crippen MR) is 129 cm³/mol. The molecule has 1 fully saturated rings. The third kappa shape index (κ3) is 4.72. The molecule has 0 bridgehead atoms. The fourth-order valence-electron chi connectivity index (χ4n) is 4.04. The van der Waals surface area contributed by atoms with E-state index in [1.54, 1.807) is 38.9 Å². The molecule has 1 heterocycles. The Balaban J connectivity index is 1.83. The largest absolute Gasteiger partial charge is 0.496 e. The summed E-state index contributed by atoms with van der Waals surface area (Å²) in [6, 6.07) is 14.1. The van der Waals surface area contributed by atoms with Crippen LogP contribution in [0.25, 0.3) is 11.3 Å². The Bertz CT molecular complexity index is 1140. The van der Waals surface area contributed by atoms with Gasteiger partial charge in [0.2, 0.25) is 4.80 Å². The molecule has 4 rings (SSSR count). The number of ether oxygens (including phenoxy) is 3. The van der Waals surface area contributed by atoms with Crippen molar-refractivity contribution < 1.29 is 14.2 Å². The van der Waals surface area contributed by atoms with Crippen molar-refractivity contribution in [3.05, 3.63) is 58.2 Å². The van der Waals surface area contributed by atoms with Crippen LogP contribution in [-0.2, 0) is 0 Å². The number of hydrogen-bond donors (Lipinski definition) is 0. The van der Waals surface area contributed by atoms with Crippen molar-refractivity contribution in [2.24, 2.45) is 10.1 Å². The van der Waals surface area contributed by atoms with Crippen molar-refractivity contribution in [3.63, 3.8) is 0 Å². The van der Waals surface area contributed by atoms with Crippen molar-refractivity contribution in [1.82, 2.24) is 4.68 Å². The molecule has 0 saturated heterocycles. The highest BCUT2D eigenvalue weighted by molar-refractivity contribution is 7.07. The zero-order chi connectivity index (χ0) is 22.3. The highest BCUT2D eigenvalue weighted by atomic mass is 32.1. The number of benzene rings is 2. The first kappa shape index (κ1) is 22.1. The van der Waals surface area contributed by atoms with Crippen LogP contribution in [0, 0.1) is 0 Å². The fraction of sp³-hybridized carbons (Fsp3) is 0.360. The van der Waals surface area contributed by atoms with Gasteiger partial charge in [0.25, 0.3) is 0 Å². The van der Waals surface area contributed by atoms with Gasteiger partial charge in [-0.1, -0.05) is 37.5 Å². The average Bonchev–Trinajstić information content (AvgIpc) is 3.24. The number of aromatic nitrogens is 1. The fourth-order valence-corrected chi connectivity index (χ4v) is 4.94. The number of methoxy groups -OCH3 is 3. The van der Waals surface area contributed by atoms with Gasteiger partial charge in [0.05, 0.1) is 39.3 Å². The second kappa shape index (κ2) is 10.5. The Labute approximate surface area is 192 Å². The average molecular weight is 452 g/mol. The second-order valence-electron chi connectivity index (χ2n) is 7.66. The maximum Gasteiger partial charge on any atom is 0.206 e. The normalized spacial score (nSPS) is 15.3. The number of thiazole rings is 1. The van der Waals surface area contributed by atoms with Crippen LogP contribution in [0.3, 0.4) is 0 Å². The predicted octanol–water partition coefficient (Wildman–Crippen LogP) is 5.36. The van der Waals surface area contributed by atoms with Crippen molar-refractivity contribution in [2.75, 3.05) is 21.3 Å². The van der Waals surface area contributed by atoms with Crippen molar-refractivity contribution in [1.29, 1.82) is 0 Å². The van der Waals surface area contributed by atoms with E-state index in [1.807, 2.05) is 47.1 Å². The summed E-state index contributed by atoms with van der Waals surface area (Å²) in [5.41, 5.74) is 2.76. The number of hydrogen-bond acceptors (Lipinski definition) is 6. The quantitative estimate of drug-likeness (QED) is 0.455. The van der Waals surface area contributed by atoms with Gasteiger partial charge in [0.15, 0.2) is 11.5 Å². The molecule has 0 spiro atoms. The van der Waals surface area contributed by atoms with Gasteiger partial charge in [-0.3, -0.25) is 4.99 Å². The van der Waals surface area contributed by atoms with Gasteiger partial charge in [-0.15, -0.1) is 11.3 Å². The molecule has 1 aliphatic rings. The van der Waals surface area contributed by atoms with Crippen LogP contribution in [0.1, 0.15) is 37.7 Å². The molecule has 168 valence electrons. The Morgan fingerprint density at radius 2 is 1.66 bits per heavy atom. The van der Waals surface area contributed by atoms with Crippen LogP contribution >= 0.6 is 11.3 Å². The van der Waals surface area contributed by atoms with E-state index in [-0.39, 0.29) is 0 Å². The highest BCUT2D eigenvalue weighted by Crippen LogP contribution is 2.31. The lowest BCUT2D eigenvalue weighted by Gasteiger charge is -2.17. The number of rotatable bonds is 7. The van der Waals surface area contributed by atoms with Gasteiger partial charge in [-0.2, -0.15) is 5.10 Å². The van der Waals surface area contributed by atoms with E-state index in [1.165, 1.54) is 19.3 Å². The van der Waals surface area contributed by atoms with Crippen LogP contribution < -0.4 is 19.0 Å². The molecule has 0 amide bonds. The zero-order valence-electron chi connectivity index (χ0n) is 18.8. The first-order chi connectivity index (χ1) is 15.7. The topological polar surface area (TPSA) is 57.3 Å². The van der Waals surface area contributed by atoms with Crippen molar-refractivity contribution in [3.8, 4) is 28.5 Å². The first-order valence-corrected chi connectivity index (χ1v) is 11.8. The molecule has 6 nitrogen and oxygen atoms in total. The van der Waals surface area contributed by atoms with Crippen LogP contribution in [-0.4, -0.2) is 38.3 Å². The van der Waals surface area contributed by atoms with E-state index < -0.39 is 0 Å². The van der Waals surface area contributed by atoms with E-state index >= 15 is 0 Å². The third-order valence-corrected chi connectivity index (χ3v) is 6.51. The van der Waals surface area contributed by atoms with Crippen molar-refractivity contribution >= 4 is 17.6 Å². The monoisotopic (exact) mass is 451 g/mol. The molecule has 2 aromatic carbocycles. The number of nitrogens with zero attached hydrogens (tertiary/aromatic N) is 3. The molecule has 7 heteroatoms. The molecule has 0 radical (unpaired) electrons. The minimum absolute atomic E-state index is 0.348. The van der Waals surface area contributed by atoms with E-state index in [0.717, 1.165) is 40.2 Å². The van der Waals surface area contributed by atoms with E-state index in [0.29, 0.717) is 17.5 Å². The minimum Gasteiger partial charge on any atom is -0.496 e. The van der Waals surface area contributed by atoms with E-state index in [4.69, 9.17) is 24.3 Å². The Morgan fingerprint density at radius 3 is 2.41 bits per heavy atom. The standard InChI is InChI=1S/C25H29N3O3S/c1-29-22-14-8-7-13-20(22)21-17-32-25(27-19-11-5-4-6-12-19)28(21)26-16-18-10-9-15-23(30-2)24(18)31-3/h7-10,13-17,19H,4-6,11-12H2,1-3H3. The van der Waals surface area contributed by atoms with E-state index in [2.05, 4.69) is 5.38 Å². The van der Waals surface area contributed by atoms with Crippen LogP contribution in [0.15, 0.2) is 57.9 Å². The van der Waals surface area contributed by atoms with Gasteiger partial charge >= 0.3 is 0 Å². The lowest BCUT2D eigenvalue weighted by Crippen LogP contribution is -2.19. The van der Waals surface area contributed by atoms with E-state index in [9.17, 15) is 0 Å². The molecular weight excluding hydrogens is 422 g/mol. The summed E-state index contributed by atoms with van der Waals surface area (Å²) in [5.74, 6) is 2.13. The summed E-state index contributed by atoms with van der Waals surface area (Å²) >= 11 is 1.61. The summed E-state index contributed by atoms with van der Waals surface area (Å²) < 4.78 is 18.5. The Hall–Kier alpha value is -3.06. The SMILES string of the molecule is COc1ccccc1-c1csc(=NC2CCCCC2)n1N=Cc1cccc(OC)c1OC. The lowest BCUT2D eigenvalue weighted by molar-refractivity contribution is 0.354. The third-order valence-electron chi connectivity index (χ3n) is 5.68. The molecule has 1 aromatic heterocycles. The summed E-state index contributed by atoms with van der Waals surface area (Å²) in [5, 5.41) is 6.95. The molecule has 0 N–H and O–H groups in total. The summed E-state index contributed by atoms with van der Waals surface area (Å²) in [4.78, 5) is 5.96. The molecule has 1 saturated carbocycles. The summed E-state index contributed by atoms with van der Waals surface area (Å²) in [6.45, 7) is 0. The molecule has 32 heavy (non-hydrogen) atoms. The second-order valence-corrected chi connectivity index (χ2v) is 8.50. The van der Waals surface area contributed by atoms with Gasteiger partial charge in [0.1, 0.15) is 5.75 Å². The van der Waals surface area contributed by atoms with Gasteiger partial charge in [0, 0.05) is 16.5 Å². The molecule has 0 aliphatic heterocycles. The van der Waals surface area contributed by atoms with Gasteiger partial charge in [-0.25, -0.2) is 4.68 Å².